The Morgan fingerprint density at radius 2 is 1.97 bits per heavy atom. The summed E-state index contributed by atoms with van der Waals surface area (Å²) in [5, 5.41) is 8.15. The Labute approximate surface area is 190 Å². The van der Waals surface area contributed by atoms with Gasteiger partial charge in [0.2, 0.25) is 5.91 Å². The molecule has 162 valence electrons. The van der Waals surface area contributed by atoms with E-state index in [0.29, 0.717) is 29.3 Å². The molecule has 0 fully saturated rings. The van der Waals surface area contributed by atoms with Gasteiger partial charge in [0, 0.05) is 47.6 Å². The molecule has 2 amide bonds. The third kappa shape index (κ3) is 5.28. The SMILES string of the molecule is Cc1ccc(-c2csc(NC(=O)c3cccc(NC(=O)CCn4ccnc4)c3)n2)c(C)c1. The molecule has 0 aliphatic carbocycles. The quantitative estimate of drug-likeness (QED) is 0.423. The normalized spacial score (nSPS) is 10.7. The first-order valence-electron chi connectivity index (χ1n) is 10.2. The van der Waals surface area contributed by atoms with Crippen LogP contribution in [-0.2, 0) is 11.3 Å². The minimum atomic E-state index is -0.277. The summed E-state index contributed by atoms with van der Waals surface area (Å²) in [5.41, 5.74) is 5.24. The van der Waals surface area contributed by atoms with Gasteiger partial charge >= 0.3 is 0 Å². The first-order chi connectivity index (χ1) is 15.5. The van der Waals surface area contributed by atoms with Crippen molar-refractivity contribution in [2.24, 2.45) is 0 Å². The van der Waals surface area contributed by atoms with Crippen LogP contribution >= 0.6 is 11.3 Å². The molecule has 32 heavy (non-hydrogen) atoms. The second-order valence-corrected chi connectivity index (χ2v) is 8.35. The predicted octanol–water partition coefficient (Wildman–Crippen LogP) is 4.90. The van der Waals surface area contributed by atoms with Crippen molar-refractivity contribution in [1.29, 1.82) is 0 Å². The number of aryl methyl sites for hydroxylation is 3. The Hall–Kier alpha value is -3.78. The minimum Gasteiger partial charge on any atom is -0.337 e. The van der Waals surface area contributed by atoms with Gasteiger partial charge in [0.05, 0.1) is 12.0 Å². The van der Waals surface area contributed by atoms with E-state index in [0.717, 1.165) is 16.8 Å². The van der Waals surface area contributed by atoms with Crippen molar-refractivity contribution in [2.45, 2.75) is 26.8 Å². The Bertz CT molecular complexity index is 1250. The van der Waals surface area contributed by atoms with E-state index in [9.17, 15) is 9.59 Å². The fourth-order valence-electron chi connectivity index (χ4n) is 3.34. The highest BCUT2D eigenvalue weighted by atomic mass is 32.1. The van der Waals surface area contributed by atoms with Crippen LogP contribution in [0.1, 0.15) is 27.9 Å². The first kappa shape index (κ1) is 21.5. The molecular weight excluding hydrogens is 422 g/mol. The number of hydrogen-bond acceptors (Lipinski definition) is 5. The van der Waals surface area contributed by atoms with Gasteiger partial charge in [0.1, 0.15) is 0 Å². The molecule has 0 bridgehead atoms. The van der Waals surface area contributed by atoms with Crippen molar-refractivity contribution in [2.75, 3.05) is 10.6 Å². The number of imidazole rings is 1. The van der Waals surface area contributed by atoms with Gasteiger partial charge in [0.15, 0.2) is 5.13 Å². The van der Waals surface area contributed by atoms with Crippen molar-refractivity contribution >= 4 is 34.0 Å². The molecule has 0 saturated heterocycles. The molecule has 2 heterocycles. The second-order valence-electron chi connectivity index (χ2n) is 7.49. The summed E-state index contributed by atoms with van der Waals surface area (Å²) < 4.78 is 1.84. The summed E-state index contributed by atoms with van der Waals surface area (Å²) in [5.74, 6) is -0.407. The van der Waals surface area contributed by atoms with Gasteiger partial charge in [-0.2, -0.15) is 0 Å². The molecule has 2 N–H and O–H groups in total. The Balaban J connectivity index is 1.38. The van der Waals surface area contributed by atoms with Gasteiger partial charge in [-0.3, -0.25) is 14.9 Å². The number of thiazole rings is 1. The number of carbonyl (C=O) groups excluding carboxylic acids is 2. The standard InChI is InChI=1S/C24H23N5O2S/c1-16-6-7-20(17(2)12-16)21-14-32-24(27-21)28-23(31)18-4-3-5-19(13-18)26-22(30)8-10-29-11-9-25-15-29/h3-7,9,11-15H,8,10H2,1-2H3,(H,26,30)(H,27,28,31). The van der Waals surface area contributed by atoms with Crippen molar-refractivity contribution in [3.05, 3.63) is 83.3 Å². The zero-order chi connectivity index (χ0) is 22.5. The predicted molar refractivity (Wildman–Crippen MR) is 127 cm³/mol. The van der Waals surface area contributed by atoms with Crippen molar-refractivity contribution in [3.63, 3.8) is 0 Å². The number of rotatable bonds is 7. The summed E-state index contributed by atoms with van der Waals surface area (Å²) in [6.45, 7) is 4.65. The molecule has 0 spiro atoms. The molecule has 4 aromatic rings. The van der Waals surface area contributed by atoms with Gasteiger partial charge in [-0.15, -0.1) is 11.3 Å². The molecule has 0 radical (unpaired) electrons. The van der Waals surface area contributed by atoms with E-state index < -0.39 is 0 Å². The van der Waals surface area contributed by atoms with Gasteiger partial charge in [-0.05, 0) is 37.6 Å². The number of aromatic nitrogens is 3. The van der Waals surface area contributed by atoms with E-state index in [1.54, 1.807) is 36.8 Å². The minimum absolute atomic E-state index is 0.130. The van der Waals surface area contributed by atoms with E-state index in [1.807, 2.05) is 22.2 Å². The number of hydrogen-bond donors (Lipinski definition) is 2. The largest absolute Gasteiger partial charge is 0.337 e. The average molecular weight is 446 g/mol. The Morgan fingerprint density at radius 1 is 1.09 bits per heavy atom. The van der Waals surface area contributed by atoms with E-state index in [1.165, 1.54) is 16.9 Å². The highest BCUT2D eigenvalue weighted by Gasteiger charge is 2.12. The summed E-state index contributed by atoms with van der Waals surface area (Å²) in [6, 6.07) is 13.1. The zero-order valence-electron chi connectivity index (χ0n) is 17.8. The highest BCUT2D eigenvalue weighted by molar-refractivity contribution is 7.14. The van der Waals surface area contributed by atoms with Crippen molar-refractivity contribution in [1.82, 2.24) is 14.5 Å². The van der Waals surface area contributed by atoms with E-state index in [-0.39, 0.29) is 11.8 Å². The summed E-state index contributed by atoms with van der Waals surface area (Å²) in [7, 11) is 0. The molecule has 2 aromatic carbocycles. The summed E-state index contributed by atoms with van der Waals surface area (Å²) in [6.07, 6.45) is 5.46. The maximum absolute atomic E-state index is 12.7. The lowest BCUT2D eigenvalue weighted by Crippen LogP contribution is -2.15. The topological polar surface area (TPSA) is 88.9 Å². The number of benzene rings is 2. The molecule has 0 saturated carbocycles. The molecule has 0 unspecified atom stereocenters. The Kier molecular flexibility index (Phi) is 6.42. The lowest BCUT2D eigenvalue weighted by molar-refractivity contribution is -0.116. The molecule has 8 heteroatoms. The molecule has 0 aliphatic heterocycles. The lowest BCUT2D eigenvalue weighted by atomic mass is 10.0. The van der Waals surface area contributed by atoms with Crippen LogP contribution in [0.5, 0.6) is 0 Å². The number of nitrogens with one attached hydrogen (secondary N) is 2. The second kappa shape index (κ2) is 9.57. The van der Waals surface area contributed by atoms with Crippen molar-refractivity contribution < 1.29 is 9.59 Å². The fourth-order valence-corrected chi connectivity index (χ4v) is 4.04. The van der Waals surface area contributed by atoms with Gasteiger partial charge in [-0.1, -0.05) is 29.8 Å². The van der Waals surface area contributed by atoms with Crippen LogP contribution < -0.4 is 10.6 Å². The highest BCUT2D eigenvalue weighted by Crippen LogP contribution is 2.28. The van der Waals surface area contributed by atoms with Gasteiger partial charge in [-0.25, -0.2) is 9.97 Å². The summed E-state index contributed by atoms with van der Waals surface area (Å²) in [4.78, 5) is 33.5. The van der Waals surface area contributed by atoms with Crippen LogP contribution in [0.4, 0.5) is 10.8 Å². The van der Waals surface area contributed by atoms with Crippen LogP contribution in [0.3, 0.4) is 0 Å². The van der Waals surface area contributed by atoms with Crippen molar-refractivity contribution in [3.8, 4) is 11.3 Å². The van der Waals surface area contributed by atoms with E-state index in [4.69, 9.17) is 0 Å². The van der Waals surface area contributed by atoms with E-state index in [2.05, 4.69) is 46.6 Å². The molecule has 7 nitrogen and oxygen atoms in total. The van der Waals surface area contributed by atoms with Crippen LogP contribution in [-0.4, -0.2) is 26.3 Å². The lowest BCUT2D eigenvalue weighted by Gasteiger charge is -2.08. The molecular formula is C24H23N5O2S. The molecule has 4 rings (SSSR count). The number of amides is 2. The zero-order valence-corrected chi connectivity index (χ0v) is 18.6. The van der Waals surface area contributed by atoms with Gasteiger partial charge < -0.3 is 9.88 Å². The maximum Gasteiger partial charge on any atom is 0.257 e. The smallest absolute Gasteiger partial charge is 0.257 e. The summed E-state index contributed by atoms with van der Waals surface area (Å²) >= 11 is 1.38. The first-order valence-corrected chi connectivity index (χ1v) is 11.1. The van der Waals surface area contributed by atoms with Gasteiger partial charge in [0.25, 0.3) is 5.91 Å². The molecule has 0 aliphatic rings. The number of carbonyl (C=O) groups is 2. The fraction of sp³-hybridized carbons (Fsp3) is 0.167. The number of nitrogens with zero attached hydrogens (tertiary/aromatic N) is 3. The van der Waals surface area contributed by atoms with Crippen LogP contribution in [0.25, 0.3) is 11.3 Å². The van der Waals surface area contributed by atoms with Crippen LogP contribution in [0, 0.1) is 13.8 Å². The third-order valence-electron chi connectivity index (χ3n) is 4.95. The maximum atomic E-state index is 12.7. The molecule has 0 atom stereocenters. The van der Waals surface area contributed by atoms with E-state index >= 15 is 0 Å². The van der Waals surface area contributed by atoms with Crippen LogP contribution in [0.15, 0.2) is 66.6 Å². The molecule has 2 aromatic heterocycles. The third-order valence-corrected chi connectivity index (χ3v) is 5.71. The monoisotopic (exact) mass is 445 g/mol. The number of anilines is 2. The average Bonchev–Trinajstić information content (AvgIpc) is 3.45. The Morgan fingerprint density at radius 3 is 2.75 bits per heavy atom. The van der Waals surface area contributed by atoms with Crippen LogP contribution in [0.2, 0.25) is 0 Å².